The lowest BCUT2D eigenvalue weighted by molar-refractivity contribution is -0.131. The summed E-state index contributed by atoms with van der Waals surface area (Å²) in [5.74, 6) is 3.13. The molecule has 0 fully saturated rings. The number of thioether (sulfide) groups is 1. The quantitative estimate of drug-likeness (QED) is 0.204. The van der Waals surface area contributed by atoms with Gasteiger partial charge in [0.15, 0.2) is 0 Å². The Morgan fingerprint density at radius 1 is 0.882 bits per heavy atom. The molecule has 0 saturated heterocycles. The highest BCUT2D eigenvalue weighted by Crippen LogP contribution is 2.50. The molecule has 0 aromatic heterocycles. The van der Waals surface area contributed by atoms with Crippen LogP contribution in [0.3, 0.4) is 0 Å². The van der Waals surface area contributed by atoms with Crippen LogP contribution in [-0.2, 0) is 11.2 Å². The lowest BCUT2D eigenvalue weighted by Crippen LogP contribution is -2.26. The minimum absolute atomic E-state index is 0.228. The number of ether oxygens (including phenoxy) is 1. The van der Waals surface area contributed by atoms with Crippen molar-refractivity contribution in [2.75, 3.05) is 0 Å². The maximum absolute atomic E-state index is 11.6. The first-order chi connectivity index (χ1) is 15.9. The zero-order valence-corrected chi connectivity index (χ0v) is 24.6. The second-order valence-electron chi connectivity index (χ2n) is 12.0. The van der Waals surface area contributed by atoms with Crippen molar-refractivity contribution in [3.05, 3.63) is 22.3 Å². The average Bonchev–Trinajstić information content (AvgIpc) is 2.74. The van der Waals surface area contributed by atoms with Crippen LogP contribution in [0, 0.1) is 38.5 Å². The monoisotopic (exact) mass is 488 g/mol. The Labute approximate surface area is 215 Å². The highest BCUT2D eigenvalue weighted by Gasteiger charge is 2.34. The summed E-state index contributed by atoms with van der Waals surface area (Å²) >= 11 is 2.08. The Morgan fingerprint density at radius 2 is 1.44 bits per heavy atom. The first-order valence-electron chi connectivity index (χ1n) is 13.9. The predicted molar refractivity (Wildman–Crippen MR) is 149 cm³/mol. The molecule has 0 N–H and O–H groups in total. The number of esters is 1. The van der Waals surface area contributed by atoms with Gasteiger partial charge in [-0.25, -0.2) is 0 Å². The topological polar surface area (TPSA) is 26.3 Å². The molecule has 2 nitrogen and oxygen atoms in total. The number of carbonyl (C=O) groups is 1. The lowest BCUT2D eigenvalue weighted by atomic mass is 9.88. The molecule has 0 spiro atoms. The fraction of sp³-hybridized carbons (Fsp3) is 0.774. The lowest BCUT2D eigenvalue weighted by Gasteiger charge is -2.37. The summed E-state index contributed by atoms with van der Waals surface area (Å²) in [7, 11) is 0. The second kappa shape index (κ2) is 13.4. The van der Waals surface area contributed by atoms with E-state index in [2.05, 4.69) is 67.2 Å². The SMILES string of the molecule is CC(=O)Oc1c(C)c(C)c2c(c1C)CC[C@@](C)(CCC[C@H](C)CCC[C@H](C)CCCC(C)C)S2. The molecule has 34 heavy (non-hydrogen) atoms. The molecule has 1 aromatic carbocycles. The van der Waals surface area contributed by atoms with Gasteiger partial charge in [0.2, 0.25) is 0 Å². The third kappa shape index (κ3) is 8.61. The van der Waals surface area contributed by atoms with Crippen LogP contribution in [0.25, 0.3) is 0 Å². The molecule has 0 saturated carbocycles. The molecule has 1 heterocycles. The fourth-order valence-corrected chi connectivity index (χ4v) is 7.18. The number of hydrogen-bond donors (Lipinski definition) is 0. The number of fused-ring (bicyclic) bond motifs is 1. The van der Waals surface area contributed by atoms with Gasteiger partial charge in [-0.15, -0.1) is 11.8 Å². The van der Waals surface area contributed by atoms with Crippen LogP contribution in [0.1, 0.15) is 128 Å². The summed E-state index contributed by atoms with van der Waals surface area (Å²) < 4.78 is 5.90. The molecule has 0 amide bonds. The smallest absolute Gasteiger partial charge is 0.308 e. The minimum atomic E-state index is -0.228. The molecule has 194 valence electrons. The molecule has 2 rings (SSSR count). The maximum atomic E-state index is 11.6. The largest absolute Gasteiger partial charge is 0.426 e. The molecule has 0 unspecified atom stereocenters. The summed E-state index contributed by atoms with van der Waals surface area (Å²) in [5.41, 5.74) is 4.98. The van der Waals surface area contributed by atoms with Gasteiger partial charge < -0.3 is 4.74 Å². The molecule has 1 aliphatic rings. The Hall–Kier alpha value is -0.960. The number of carbonyl (C=O) groups excluding carboxylic acids is 1. The van der Waals surface area contributed by atoms with E-state index in [0.29, 0.717) is 4.75 Å². The van der Waals surface area contributed by atoms with E-state index in [4.69, 9.17) is 4.74 Å². The normalized spacial score (nSPS) is 19.7. The summed E-state index contributed by atoms with van der Waals surface area (Å²) in [6.07, 6.45) is 14.6. The first kappa shape index (κ1) is 29.3. The molecule has 1 aromatic rings. The van der Waals surface area contributed by atoms with Crippen molar-refractivity contribution in [2.24, 2.45) is 17.8 Å². The Balaban J connectivity index is 1.82. The first-order valence-corrected chi connectivity index (χ1v) is 14.7. The third-order valence-electron chi connectivity index (χ3n) is 8.08. The van der Waals surface area contributed by atoms with Gasteiger partial charge in [-0.2, -0.15) is 0 Å². The van der Waals surface area contributed by atoms with Crippen molar-refractivity contribution in [1.82, 2.24) is 0 Å². The maximum Gasteiger partial charge on any atom is 0.308 e. The van der Waals surface area contributed by atoms with Crippen LogP contribution < -0.4 is 4.74 Å². The summed E-state index contributed by atoms with van der Waals surface area (Å²) in [6.45, 7) is 20.0. The Bertz CT molecular complexity index is 812. The Kier molecular flexibility index (Phi) is 11.5. The fourth-order valence-electron chi connectivity index (χ4n) is 5.56. The standard InChI is InChI=1S/C31H52O2S/c1-21(2)13-10-14-22(3)15-11-16-23(4)17-12-19-31(9)20-18-28-26(7)29(33-27(8)32)24(5)25(6)30(28)34-31/h21-23H,10-20H2,1-9H3/t22-,23-,31-/m1/s1. The van der Waals surface area contributed by atoms with Crippen LogP contribution in [0.15, 0.2) is 4.90 Å². The summed E-state index contributed by atoms with van der Waals surface area (Å²) in [5, 5.41) is 0. The van der Waals surface area contributed by atoms with E-state index in [9.17, 15) is 4.79 Å². The Morgan fingerprint density at radius 3 is 2.00 bits per heavy atom. The van der Waals surface area contributed by atoms with E-state index in [1.165, 1.54) is 87.2 Å². The van der Waals surface area contributed by atoms with Crippen molar-refractivity contribution in [3.8, 4) is 5.75 Å². The number of rotatable bonds is 13. The van der Waals surface area contributed by atoms with E-state index in [-0.39, 0.29) is 5.97 Å². The van der Waals surface area contributed by atoms with Gasteiger partial charge in [0.1, 0.15) is 5.75 Å². The van der Waals surface area contributed by atoms with Crippen molar-refractivity contribution in [1.29, 1.82) is 0 Å². The van der Waals surface area contributed by atoms with Crippen LogP contribution in [-0.4, -0.2) is 10.7 Å². The highest BCUT2D eigenvalue weighted by molar-refractivity contribution is 8.00. The summed E-state index contributed by atoms with van der Waals surface area (Å²) in [6, 6.07) is 0. The predicted octanol–water partition coefficient (Wildman–Crippen LogP) is 9.77. The van der Waals surface area contributed by atoms with Crippen molar-refractivity contribution < 1.29 is 9.53 Å². The molecule has 0 bridgehead atoms. The van der Waals surface area contributed by atoms with Gasteiger partial charge in [-0.3, -0.25) is 4.79 Å². The van der Waals surface area contributed by atoms with Crippen LogP contribution in [0.2, 0.25) is 0 Å². The van der Waals surface area contributed by atoms with E-state index < -0.39 is 0 Å². The van der Waals surface area contributed by atoms with Crippen molar-refractivity contribution >= 4 is 17.7 Å². The number of benzene rings is 1. The molecule has 3 heteroatoms. The van der Waals surface area contributed by atoms with Gasteiger partial charge >= 0.3 is 5.97 Å². The van der Waals surface area contributed by atoms with Crippen LogP contribution in [0.5, 0.6) is 5.75 Å². The van der Waals surface area contributed by atoms with E-state index in [0.717, 1.165) is 41.1 Å². The minimum Gasteiger partial charge on any atom is -0.426 e. The van der Waals surface area contributed by atoms with E-state index >= 15 is 0 Å². The van der Waals surface area contributed by atoms with Gasteiger partial charge in [0.25, 0.3) is 0 Å². The van der Waals surface area contributed by atoms with Crippen molar-refractivity contribution in [2.45, 2.75) is 143 Å². The second-order valence-corrected chi connectivity index (χ2v) is 13.6. The van der Waals surface area contributed by atoms with Gasteiger partial charge in [0.05, 0.1) is 0 Å². The molecular weight excluding hydrogens is 436 g/mol. The van der Waals surface area contributed by atoms with Crippen LogP contribution >= 0.6 is 11.8 Å². The van der Waals surface area contributed by atoms with Gasteiger partial charge in [0, 0.05) is 16.6 Å². The zero-order chi connectivity index (χ0) is 25.5. The number of hydrogen-bond acceptors (Lipinski definition) is 3. The van der Waals surface area contributed by atoms with E-state index in [1.807, 2.05) is 0 Å². The molecule has 1 aliphatic heterocycles. The zero-order valence-electron chi connectivity index (χ0n) is 23.7. The van der Waals surface area contributed by atoms with Crippen molar-refractivity contribution in [3.63, 3.8) is 0 Å². The van der Waals surface area contributed by atoms with E-state index in [1.54, 1.807) is 0 Å². The highest BCUT2D eigenvalue weighted by atomic mass is 32.2. The van der Waals surface area contributed by atoms with Gasteiger partial charge in [-0.1, -0.05) is 86.0 Å². The third-order valence-corrected chi connectivity index (χ3v) is 9.74. The molecule has 0 aliphatic carbocycles. The average molecular weight is 489 g/mol. The van der Waals surface area contributed by atoms with Gasteiger partial charge in [-0.05, 0) is 80.0 Å². The molecular formula is C31H52O2S. The molecule has 0 radical (unpaired) electrons. The molecule has 3 atom stereocenters. The van der Waals surface area contributed by atoms with Crippen LogP contribution in [0.4, 0.5) is 0 Å². The summed E-state index contributed by atoms with van der Waals surface area (Å²) in [4.78, 5) is 13.1.